The van der Waals surface area contributed by atoms with Gasteiger partial charge in [-0.1, -0.05) is 53.5 Å². The Hall–Kier alpha value is -1.91. The molecule has 0 unspecified atom stereocenters. The topological polar surface area (TPSA) is 118 Å². The number of benzene rings is 3. The van der Waals surface area contributed by atoms with E-state index in [1.54, 1.807) is 19.1 Å². The van der Waals surface area contributed by atoms with Gasteiger partial charge < -0.3 is 25.0 Å². The summed E-state index contributed by atoms with van der Waals surface area (Å²) >= 11 is 12.5. The van der Waals surface area contributed by atoms with E-state index < -0.39 is 18.2 Å². The Labute approximate surface area is 261 Å². The van der Waals surface area contributed by atoms with Gasteiger partial charge in [0.25, 0.3) is 0 Å². The second kappa shape index (κ2) is 13.6. The maximum Gasteiger partial charge on any atom is 1.00 e. The van der Waals surface area contributed by atoms with E-state index in [4.69, 9.17) is 33.1 Å². The molecule has 0 fully saturated rings. The van der Waals surface area contributed by atoms with Crippen molar-refractivity contribution in [3.05, 3.63) is 92.0 Å². The Balaban J connectivity index is 0.00000109. The first-order valence-electron chi connectivity index (χ1n) is 10.7. The molecule has 4 rings (SSSR count). The van der Waals surface area contributed by atoms with E-state index in [1.165, 1.54) is 6.07 Å². The molecule has 0 radical (unpaired) electrons. The molecule has 1 aliphatic rings. The molecule has 1 heterocycles. The normalized spacial score (nSPS) is 11.9. The monoisotopic (exact) mass is 553 g/mol. The van der Waals surface area contributed by atoms with Crippen LogP contribution < -0.4 is 61.4 Å². The van der Waals surface area contributed by atoms with E-state index in [0.29, 0.717) is 12.1 Å². The van der Waals surface area contributed by atoms with Crippen LogP contribution in [-0.2, 0) is 17.8 Å². The van der Waals surface area contributed by atoms with Crippen molar-refractivity contribution in [1.82, 2.24) is 0 Å². The predicted octanol–water partition coefficient (Wildman–Crippen LogP) is 1.26. The number of phenolic OH excluding ortho intramolecular Hbond substituents is 1. The van der Waals surface area contributed by atoms with Crippen molar-refractivity contribution in [2.45, 2.75) is 26.3 Å². The Morgan fingerprint density at radius 1 is 1.11 bits per heavy atom. The third kappa shape index (κ3) is 6.69. The molecule has 0 bridgehead atoms. The van der Waals surface area contributed by atoms with Gasteiger partial charge in [-0.2, -0.15) is 0 Å². The summed E-state index contributed by atoms with van der Waals surface area (Å²) < 4.78 is 0. The number of aromatic carboxylic acids is 1. The van der Waals surface area contributed by atoms with Gasteiger partial charge in [0.1, 0.15) is 5.75 Å². The average Bonchev–Trinajstić information content (AvgIpc) is 2.82. The van der Waals surface area contributed by atoms with Gasteiger partial charge >= 0.3 is 57.4 Å². The number of carbonyl (C=O) groups excluding carboxylic acids is 2. The molecular weight excluding hydrogens is 532 g/mol. The van der Waals surface area contributed by atoms with Crippen molar-refractivity contribution < 1.29 is 81.1 Å². The number of aryl methyl sites for hydroxylation is 2. The van der Waals surface area contributed by atoms with Crippen molar-refractivity contribution >= 4 is 47.1 Å². The van der Waals surface area contributed by atoms with E-state index in [-0.39, 0.29) is 83.9 Å². The van der Waals surface area contributed by atoms with Crippen molar-refractivity contribution in [1.29, 1.82) is 0 Å². The van der Waals surface area contributed by atoms with Crippen molar-refractivity contribution in [3.8, 4) is 5.75 Å². The minimum absolute atomic E-state index is 0. The van der Waals surface area contributed by atoms with Crippen molar-refractivity contribution in [2.24, 2.45) is 0 Å². The number of phenols is 1. The van der Waals surface area contributed by atoms with Crippen LogP contribution in [0.4, 0.5) is 5.69 Å². The minimum atomic E-state index is -1.35. The van der Waals surface area contributed by atoms with Gasteiger partial charge in [0, 0.05) is 31.3 Å². The summed E-state index contributed by atoms with van der Waals surface area (Å²) in [6.45, 7) is 2.63. The average molecular weight is 554 g/mol. The zero-order valence-corrected chi connectivity index (χ0v) is 24.4. The van der Waals surface area contributed by atoms with E-state index >= 15 is 0 Å². The number of fused-ring (bicyclic) bond motifs is 1. The number of halogens is 2. The quantitative estimate of drug-likeness (QED) is 0.277. The van der Waals surface area contributed by atoms with Gasteiger partial charge in [-0.3, -0.25) is 4.79 Å². The molecule has 182 valence electrons. The maximum absolute atomic E-state index is 13.4. The predicted molar refractivity (Wildman–Crippen MR) is 132 cm³/mol. The summed E-state index contributed by atoms with van der Waals surface area (Å²) in [5, 5.41) is 28.6. The molecule has 0 amide bonds. The summed E-state index contributed by atoms with van der Waals surface area (Å²) in [5.74, 6) is -2.25. The SMILES string of the molecule is Cc1cc(Cl)c(C(=O)c2cc3c(cc2O)N(Cc2ccccc2)CCC3)c(C(=O)O)c1Cl.O=C[O-].[K+]. The van der Waals surface area contributed by atoms with Gasteiger partial charge in [0.15, 0.2) is 5.78 Å². The van der Waals surface area contributed by atoms with Gasteiger partial charge in [-0.25, -0.2) is 4.79 Å². The van der Waals surface area contributed by atoms with Crippen molar-refractivity contribution in [3.63, 3.8) is 0 Å². The molecule has 2 N–H and O–H groups in total. The number of hydrogen-bond donors (Lipinski definition) is 2. The Kier molecular flexibility index (Phi) is 11.4. The molecule has 0 spiro atoms. The van der Waals surface area contributed by atoms with Crippen LogP contribution in [-0.4, -0.2) is 35.0 Å². The minimum Gasteiger partial charge on any atom is -0.554 e. The van der Waals surface area contributed by atoms with Crippen LogP contribution in [0.2, 0.25) is 10.0 Å². The number of carboxylic acids is 1. The van der Waals surface area contributed by atoms with Gasteiger partial charge in [0.2, 0.25) is 0 Å². The summed E-state index contributed by atoms with van der Waals surface area (Å²) in [7, 11) is 0. The van der Waals surface area contributed by atoms with E-state index in [1.807, 2.05) is 30.3 Å². The molecule has 0 atom stereocenters. The summed E-state index contributed by atoms with van der Waals surface area (Å²) in [4.78, 5) is 35.6. The van der Waals surface area contributed by atoms with Crippen molar-refractivity contribution in [2.75, 3.05) is 11.4 Å². The Bertz CT molecular complexity index is 1280. The number of rotatable bonds is 5. The van der Waals surface area contributed by atoms with Gasteiger partial charge in [0.05, 0.1) is 26.7 Å². The third-order valence-corrected chi connectivity index (χ3v) is 6.50. The Morgan fingerprint density at radius 2 is 1.75 bits per heavy atom. The summed E-state index contributed by atoms with van der Waals surface area (Å²) in [5.41, 5.74) is 2.81. The van der Waals surface area contributed by atoms with Crippen LogP contribution in [0.15, 0.2) is 48.5 Å². The standard InChI is InChI=1S/C25H21Cl2NO4.CH2O2.K/c1-14-10-18(26)21(22(23(14)27)25(31)32)24(30)17-11-16-8-5-9-28(19(16)12-20(17)29)13-15-6-3-2-4-7-15;2-1-3;/h2-4,6-7,10-12,29H,5,8-9,13H2,1H3,(H,31,32);1H,(H,2,3);/q;;+1/p-1. The van der Waals surface area contributed by atoms with Crippen LogP contribution in [0.1, 0.15) is 49.4 Å². The fourth-order valence-electron chi connectivity index (χ4n) is 4.16. The van der Waals surface area contributed by atoms with E-state index in [2.05, 4.69) is 4.90 Å². The number of nitrogens with zero attached hydrogens (tertiary/aromatic N) is 1. The number of carbonyl (C=O) groups is 3. The number of carboxylic acid groups (broad SMARTS) is 2. The van der Waals surface area contributed by atoms with E-state index in [9.17, 15) is 19.8 Å². The Morgan fingerprint density at radius 3 is 2.36 bits per heavy atom. The molecule has 0 aromatic heterocycles. The first kappa shape index (κ1) is 30.3. The molecule has 7 nitrogen and oxygen atoms in total. The molecule has 36 heavy (non-hydrogen) atoms. The van der Waals surface area contributed by atoms with Crippen LogP contribution >= 0.6 is 23.2 Å². The molecule has 3 aromatic rings. The van der Waals surface area contributed by atoms with Crippen LogP contribution in [0.5, 0.6) is 5.75 Å². The third-order valence-electron chi connectivity index (χ3n) is 5.71. The molecular formula is C26H22Cl2KNO6. The second-order valence-corrected chi connectivity index (χ2v) is 8.76. The number of ketones is 1. The van der Waals surface area contributed by atoms with Crippen LogP contribution in [0, 0.1) is 6.92 Å². The van der Waals surface area contributed by atoms with Gasteiger partial charge in [-0.05, 0) is 48.6 Å². The van der Waals surface area contributed by atoms with Crippen LogP contribution in [0.3, 0.4) is 0 Å². The fourth-order valence-corrected chi connectivity index (χ4v) is 4.73. The molecule has 0 saturated heterocycles. The summed E-state index contributed by atoms with van der Waals surface area (Å²) in [6.07, 6.45) is 1.64. The zero-order valence-electron chi connectivity index (χ0n) is 19.8. The zero-order chi connectivity index (χ0) is 25.7. The van der Waals surface area contributed by atoms with Gasteiger partial charge in [-0.15, -0.1) is 0 Å². The number of aromatic hydroxyl groups is 1. The maximum atomic E-state index is 13.4. The van der Waals surface area contributed by atoms with E-state index in [0.717, 1.165) is 36.2 Å². The second-order valence-electron chi connectivity index (χ2n) is 7.98. The van der Waals surface area contributed by atoms with Crippen LogP contribution in [0.25, 0.3) is 0 Å². The first-order chi connectivity index (χ1) is 16.7. The number of anilines is 1. The number of hydrogen-bond acceptors (Lipinski definition) is 6. The smallest absolute Gasteiger partial charge is 0.554 e. The molecule has 0 aliphatic carbocycles. The fraction of sp³-hybridized carbons (Fsp3) is 0.192. The summed E-state index contributed by atoms with van der Waals surface area (Å²) in [6, 6.07) is 14.7. The first-order valence-corrected chi connectivity index (χ1v) is 11.4. The molecule has 10 heteroatoms. The molecule has 1 aliphatic heterocycles. The molecule has 3 aromatic carbocycles. The molecule has 0 saturated carbocycles. The largest absolute Gasteiger partial charge is 1.00 e.